The van der Waals surface area contributed by atoms with E-state index in [4.69, 9.17) is 0 Å². The number of carbonyl (C=O) groups excluding carboxylic acids is 1. The van der Waals surface area contributed by atoms with Crippen molar-refractivity contribution >= 4 is 17.2 Å². The SMILES string of the molecule is Cc1ccc(NC(=O)C[C@@H](C)Cc2nnc3c(=O)n(-c4cccc(F)c4)ccn23)cc1. The first-order valence-electron chi connectivity index (χ1n) is 9.98. The Morgan fingerprint density at radius 3 is 2.65 bits per heavy atom. The van der Waals surface area contributed by atoms with Gasteiger partial charge in [0.2, 0.25) is 11.6 Å². The van der Waals surface area contributed by atoms with Gasteiger partial charge in [-0.2, -0.15) is 0 Å². The molecule has 0 unspecified atom stereocenters. The van der Waals surface area contributed by atoms with Crippen LogP contribution in [0.1, 0.15) is 24.7 Å². The normalized spacial score (nSPS) is 12.1. The van der Waals surface area contributed by atoms with E-state index in [0.717, 1.165) is 11.3 Å². The summed E-state index contributed by atoms with van der Waals surface area (Å²) < 4.78 is 16.5. The average molecular weight is 419 g/mol. The minimum atomic E-state index is -0.427. The van der Waals surface area contributed by atoms with Crippen LogP contribution in [0.4, 0.5) is 10.1 Å². The fourth-order valence-electron chi connectivity index (χ4n) is 3.45. The number of fused-ring (bicyclic) bond motifs is 1. The van der Waals surface area contributed by atoms with E-state index in [1.165, 1.54) is 16.7 Å². The molecule has 0 aliphatic heterocycles. The molecule has 158 valence electrons. The fourth-order valence-corrected chi connectivity index (χ4v) is 3.45. The van der Waals surface area contributed by atoms with Crippen LogP contribution in [0.5, 0.6) is 0 Å². The van der Waals surface area contributed by atoms with Crippen LogP contribution >= 0.6 is 0 Å². The maximum atomic E-state index is 13.5. The second-order valence-corrected chi connectivity index (χ2v) is 7.69. The predicted molar refractivity (Wildman–Crippen MR) is 116 cm³/mol. The number of hydrogen-bond donors (Lipinski definition) is 1. The van der Waals surface area contributed by atoms with Crippen LogP contribution in [0, 0.1) is 18.7 Å². The standard InChI is InChI=1S/C23H22FN5O2/c1-15-6-8-18(9-7-15)25-21(30)13-16(2)12-20-26-27-22-23(31)28(10-11-29(20)22)19-5-3-4-17(24)14-19/h3-11,14,16H,12-13H2,1-2H3,(H,25,30)/t16-/m0/s1. The highest BCUT2D eigenvalue weighted by Gasteiger charge is 2.16. The van der Waals surface area contributed by atoms with Crippen LogP contribution in [0.3, 0.4) is 0 Å². The van der Waals surface area contributed by atoms with Crippen molar-refractivity contribution in [2.45, 2.75) is 26.7 Å². The lowest BCUT2D eigenvalue weighted by molar-refractivity contribution is -0.116. The largest absolute Gasteiger partial charge is 0.326 e. The molecule has 1 atom stereocenters. The summed E-state index contributed by atoms with van der Waals surface area (Å²) in [5, 5.41) is 11.1. The second-order valence-electron chi connectivity index (χ2n) is 7.69. The average Bonchev–Trinajstić information content (AvgIpc) is 3.13. The molecule has 2 aromatic carbocycles. The summed E-state index contributed by atoms with van der Waals surface area (Å²) >= 11 is 0. The number of amides is 1. The van der Waals surface area contributed by atoms with Gasteiger partial charge in [-0.15, -0.1) is 10.2 Å². The Kier molecular flexibility index (Phi) is 5.62. The number of halogens is 1. The zero-order valence-electron chi connectivity index (χ0n) is 17.2. The van der Waals surface area contributed by atoms with Gasteiger partial charge >= 0.3 is 5.56 Å². The molecule has 7 nitrogen and oxygen atoms in total. The first kappa shape index (κ1) is 20.5. The van der Waals surface area contributed by atoms with Crippen molar-refractivity contribution in [1.82, 2.24) is 19.2 Å². The quantitative estimate of drug-likeness (QED) is 0.518. The van der Waals surface area contributed by atoms with Crippen molar-refractivity contribution in [3.8, 4) is 5.69 Å². The Hall–Kier alpha value is -3.81. The number of nitrogens with zero attached hydrogens (tertiary/aromatic N) is 4. The van der Waals surface area contributed by atoms with E-state index in [1.807, 2.05) is 38.1 Å². The van der Waals surface area contributed by atoms with Crippen LogP contribution < -0.4 is 10.9 Å². The maximum absolute atomic E-state index is 13.5. The van der Waals surface area contributed by atoms with E-state index in [2.05, 4.69) is 15.5 Å². The van der Waals surface area contributed by atoms with Gasteiger partial charge in [0.15, 0.2) is 0 Å². The van der Waals surface area contributed by atoms with Crippen molar-refractivity contribution in [2.75, 3.05) is 5.32 Å². The molecule has 4 rings (SSSR count). The molecule has 8 heteroatoms. The van der Waals surface area contributed by atoms with Crippen LogP contribution in [0.15, 0.2) is 65.7 Å². The summed E-state index contributed by atoms with van der Waals surface area (Å²) in [6.45, 7) is 3.94. The molecule has 0 spiro atoms. The van der Waals surface area contributed by atoms with Gasteiger partial charge in [-0.05, 0) is 43.2 Å². The molecule has 0 saturated carbocycles. The van der Waals surface area contributed by atoms with E-state index in [1.54, 1.807) is 28.9 Å². The molecular formula is C23H22FN5O2. The lowest BCUT2D eigenvalue weighted by Crippen LogP contribution is -2.21. The van der Waals surface area contributed by atoms with Crippen LogP contribution in [0.25, 0.3) is 11.3 Å². The maximum Gasteiger partial charge on any atom is 0.300 e. The van der Waals surface area contributed by atoms with Crippen molar-refractivity contribution in [1.29, 1.82) is 0 Å². The number of nitrogens with one attached hydrogen (secondary N) is 1. The Morgan fingerprint density at radius 1 is 1.13 bits per heavy atom. The van der Waals surface area contributed by atoms with E-state index in [0.29, 0.717) is 24.4 Å². The third kappa shape index (κ3) is 4.53. The molecule has 0 aliphatic carbocycles. The summed E-state index contributed by atoms with van der Waals surface area (Å²) in [4.78, 5) is 25.1. The summed E-state index contributed by atoms with van der Waals surface area (Å²) in [6.07, 6.45) is 4.02. The number of benzene rings is 2. The molecule has 4 aromatic rings. The minimum absolute atomic E-state index is 0.0106. The lowest BCUT2D eigenvalue weighted by Gasteiger charge is -2.11. The zero-order valence-corrected chi connectivity index (χ0v) is 17.2. The predicted octanol–water partition coefficient (Wildman–Crippen LogP) is 3.54. The van der Waals surface area contributed by atoms with Gasteiger partial charge in [-0.1, -0.05) is 30.7 Å². The van der Waals surface area contributed by atoms with E-state index in [9.17, 15) is 14.0 Å². The number of aromatic nitrogens is 4. The van der Waals surface area contributed by atoms with Gasteiger partial charge in [0.25, 0.3) is 0 Å². The Balaban J connectivity index is 1.48. The Bertz CT molecular complexity index is 1290. The van der Waals surface area contributed by atoms with Crippen molar-refractivity contribution < 1.29 is 9.18 Å². The van der Waals surface area contributed by atoms with Crippen molar-refractivity contribution in [3.63, 3.8) is 0 Å². The van der Waals surface area contributed by atoms with Gasteiger partial charge in [-0.3, -0.25) is 18.6 Å². The van der Waals surface area contributed by atoms with Gasteiger partial charge in [0.1, 0.15) is 11.6 Å². The number of rotatable bonds is 6. The van der Waals surface area contributed by atoms with E-state index < -0.39 is 11.4 Å². The summed E-state index contributed by atoms with van der Waals surface area (Å²) in [5.74, 6) is 0.0698. The fraction of sp³-hybridized carbons (Fsp3) is 0.217. The van der Waals surface area contributed by atoms with E-state index in [-0.39, 0.29) is 17.5 Å². The van der Waals surface area contributed by atoms with Gasteiger partial charge in [0, 0.05) is 30.9 Å². The number of hydrogen-bond acceptors (Lipinski definition) is 4. The Morgan fingerprint density at radius 2 is 1.90 bits per heavy atom. The lowest BCUT2D eigenvalue weighted by atomic mass is 10.0. The first-order chi connectivity index (χ1) is 14.9. The molecular weight excluding hydrogens is 397 g/mol. The van der Waals surface area contributed by atoms with Gasteiger partial charge in [-0.25, -0.2) is 4.39 Å². The van der Waals surface area contributed by atoms with E-state index >= 15 is 0 Å². The third-order valence-corrected chi connectivity index (χ3v) is 5.03. The highest BCUT2D eigenvalue weighted by molar-refractivity contribution is 5.90. The summed E-state index contributed by atoms with van der Waals surface area (Å²) in [7, 11) is 0. The molecule has 0 bridgehead atoms. The monoisotopic (exact) mass is 419 g/mol. The van der Waals surface area contributed by atoms with Crippen LogP contribution in [-0.4, -0.2) is 25.1 Å². The minimum Gasteiger partial charge on any atom is -0.326 e. The molecule has 0 fully saturated rings. The summed E-state index contributed by atoms with van der Waals surface area (Å²) in [6, 6.07) is 13.4. The first-order valence-corrected chi connectivity index (χ1v) is 9.98. The Labute approximate surface area is 178 Å². The smallest absolute Gasteiger partial charge is 0.300 e. The molecule has 0 radical (unpaired) electrons. The van der Waals surface area contributed by atoms with Crippen molar-refractivity contribution in [2.24, 2.45) is 5.92 Å². The van der Waals surface area contributed by atoms with Crippen LogP contribution in [-0.2, 0) is 11.2 Å². The third-order valence-electron chi connectivity index (χ3n) is 5.03. The number of anilines is 1. The summed E-state index contributed by atoms with van der Waals surface area (Å²) in [5.41, 5.74) is 2.06. The molecule has 1 N–H and O–H groups in total. The van der Waals surface area contributed by atoms with Crippen molar-refractivity contribution in [3.05, 3.63) is 88.5 Å². The van der Waals surface area contributed by atoms with Gasteiger partial charge in [0.05, 0.1) is 5.69 Å². The highest BCUT2D eigenvalue weighted by Crippen LogP contribution is 2.15. The topological polar surface area (TPSA) is 81.3 Å². The molecule has 0 aliphatic rings. The highest BCUT2D eigenvalue weighted by atomic mass is 19.1. The molecule has 0 saturated heterocycles. The molecule has 2 heterocycles. The molecule has 1 amide bonds. The van der Waals surface area contributed by atoms with Crippen LogP contribution in [0.2, 0.25) is 0 Å². The van der Waals surface area contributed by atoms with Gasteiger partial charge < -0.3 is 5.32 Å². The number of aryl methyl sites for hydroxylation is 1. The number of carbonyl (C=O) groups is 1. The second kappa shape index (κ2) is 8.51. The zero-order chi connectivity index (χ0) is 22.0. The molecule has 31 heavy (non-hydrogen) atoms. The molecule has 2 aromatic heterocycles.